The van der Waals surface area contributed by atoms with Gasteiger partial charge >= 0.3 is 0 Å². The zero-order chi connectivity index (χ0) is 12.9. The van der Waals surface area contributed by atoms with Crippen molar-refractivity contribution in [2.45, 2.75) is 6.42 Å². The molecule has 0 amide bonds. The Morgan fingerprint density at radius 1 is 0.737 bits per heavy atom. The average molecular weight is 245 g/mol. The highest BCUT2D eigenvalue weighted by molar-refractivity contribution is 6.04. The third-order valence-corrected chi connectivity index (χ3v) is 3.13. The average Bonchev–Trinajstić information content (AvgIpc) is 2.75. The van der Waals surface area contributed by atoms with E-state index in [4.69, 9.17) is 4.99 Å². The van der Waals surface area contributed by atoms with Crippen LogP contribution < -0.4 is 0 Å². The molecule has 0 bridgehead atoms. The molecule has 92 valence electrons. The van der Waals surface area contributed by atoms with Crippen LogP contribution in [-0.4, -0.2) is 5.71 Å². The monoisotopic (exact) mass is 245 g/mol. The van der Waals surface area contributed by atoms with Gasteiger partial charge in [0.2, 0.25) is 0 Å². The van der Waals surface area contributed by atoms with Gasteiger partial charge in [0.15, 0.2) is 0 Å². The van der Waals surface area contributed by atoms with E-state index in [1.54, 1.807) is 0 Å². The van der Waals surface area contributed by atoms with E-state index in [0.717, 1.165) is 23.4 Å². The third-order valence-electron chi connectivity index (χ3n) is 3.13. The molecule has 0 radical (unpaired) electrons. The molecule has 2 aromatic carbocycles. The number of nitrogens with zero attached hydrogens (tertiary/aromatic N) is 1. The molecule has 0 aromatic heterocycles. The fraction of sp³-hybridized carbons (Fsp3) is 0.0556. The van der Waals surface area contributed by atoms with Crippen molar-refractivity contribution >= 4 is 11.4 Å². The number of aliphatic imine (C=N–C) groups is 1. The second kappa shape index (κ2) is 5.49. The van der Waals surface area contributed by atoms with Crippen LogP contribution in [0, 0.1) is 0 Å². The van der Waals surface area contributed by atoms with Crippen LogP contribution in [0.4, 0.5) is 0 Å². The fourth-order valence-corrected chi connectivity index (χ4v) is 2.15. The molecule has 19 heavy (non-hydrogen) atoms. The van der Waals surface area contributed by atoms with Crippen LogP contribution >= 0.6 is 0 Å². The van der Waals surface area contributed by atoms with Crippen molar-refractivity contribution in [3.05, 3.63) is 90.0 Å². The topological polar surface area (TPSA) is 12.4 Å². The highest BCUT2D eigenvalue weighted by atomic mass is 14.8. The molecular weight excluding hydrogens is 230 g/mol. The fourth-order valence-electron chi connectivity index (χ4n) is 2.15. The molecule has 3 rings (SSSR count). The van der Waals surface area contributed by atoms with Crippen molar-refractivity contribution in [3.8, 4) is 0 Å². The summed E-state index contributed by atoms with van der Waals surface area (Å²) in [5, 5.41) is 0. The lowest BCUT2D eigenvalue weighted by atomic mass is 10.1. The minimum atomic E-state index is 0.872. The summed E-state index contributed by atoms with van der Waals surface area (Å²) in [4.78, 5) is 4.83. The Hall–Kier alpha value is -2.41. The van der Waals surface area contributed by atoms with Crippen LogP contribution in [0.15, 0.2) is 83.9 Å². The summed E-state index contributed by atoms with van der Waals surface area (Å²) in [6, 6.07) is 20.7. The van der Waals surface area contributed by atoms with Crippen molar-refractivity contribution in [2.75, 3.05) is 0 Å². The molecule has 1 heteroatoms. The normalized spacial score (nSPS) is 14.5. The number of hydrogen-bond donors (Lipinski definition) is 0. The zero-order valence-electron chi connectivity index (χ0n) is 10.7. The summed E-state index contributed by atoms with van der Waals surface area (Å²) in [6.45, 7) is 0. The Kier molecular flexibility index (Phi) is 3.37. The van der Waals surface area contributed by atoms with Gasteiger partial charge in [0.25, 0.3) is 0 Å². The second-order valence-corrected chi connectivity index (χ2v) is 4.47. The smallest absolute Gasteiger partial charge is 0.0705 e. The van der Waals surface area contributed by atoms with Crippen molar-refractivity contribution < 1.29 is 0 Å². The van der Waals surface area contributed by atoms with Gasteiger partial charge in [0.1, 0.15) is 0 Å². The molecule has 0 aliphatic carbocycles. The van der Waals surface area contributed by atoms with Crippen molar-refractivity contribution in [2.24, 2.45) is 4.99 Å². The molecule has 0 unspecified atom stereocenters. The first-order chi connectivity index (χ1) is 9.43. The SMILES string of the molecule is C1=CCC(c2ccccc2)=NC(c2ccccc2)=C1. The van der Waals surface area contributed by atoms with Crippen LogP contribution in [0.25, 0.3) is 5.70 Å². The van der Waals surface area contributed by atoms with E-state index >= 15 is 0 Å². The van der Waals surface area contributed by atoms with Gasteiger partial charge in [-0.15, -0.1) is 0 Å². The molecular formula is C18H15N. The lowest BCUT2D eigenvalue weighted by Gasteiger charge is -2.06. The molecule has 0 fully saturated rings. The summed E-state index contributed by atoms with van der Waals surface area (Å²) in [6.07, 6.45) is 7.19. The van der Waals surface area contributed by atoms with Crippen LogP contribution in [-0.2, 0) is 0 Å². The lowest BCUT2D eigenvalue weighted by Crippen LogP contribution is -1.99. The molecule has 1 heterocycles. The van der Waals surface area contributed by atoms with Gasteiger partial charge in [-0.1, -0.05) is 72.8 Å². The van der Waals surface area contributed by atoms with Crippen LogP contribution in [0.5, 0.6) is 0 Å². The maximum atomic E-state index is 4.83. The van der Waals surface area contributed by atoms with Crippen LogP contribution in [0.2, 0.25) is 0 Å². The summed E-state index contributed by atoms with van der Waals surface area (Å²) >= 11 is 0. The number of rotatable bonds is 2. The van der Waals surface area contributed by atoms with E-state index in [0.29, 0.717) is 0 Å². The number of hydrogen-bond acceptors (Lipinski definition) is 1. The van der Waals surface area contributed by atoms with Crippen molar-refractivity contribution in [1.29, 1.82) is 0 Å². The summed E-state index contributed by atoms with van der Waals surface area (Å²) in [7, 11) is 0. The van der Waals surface area contributed by atoms with Gasteiger partial charge in [-0.3, -0.25) is 4.99 Å². The van der Waals surface area contributed by atoms with Gasteiger partial charge in [-0.25, -0.2) is 0 Å². The molecule has 0 saturated heterocycles. The highest BCUT2D eigenvalue weighted by Gasteiger charge is 2.06. The molecule has 0 saturated carbocycles. The largest absolute Gasteiger partial charge is 0.252 e. The quantitative estimate of drug-likeness (QED) is 0.740. The number of benzene rings is 2. The standard InChI is InChI=1S/C18H15N/c1-3-9-15(10-4-1)17-13-7-8-14-18(19-17)16-11-5-2-6-12-16/h1-13H,14H2. The molecule has 0 atom stereocenters. The van der Waals surface area contributed by atoms with Gasteiger partial charge in [0.05, 0.1) is 11.4 Å². The summed E-state index contributed by atoms with van der Waals surface area (Å²) in [5.74, 6) is 0. The van der Waals surface area contributed by atoms with Crippen molar-refractivity contribution in [1.82, 2.24) is 0 Å². The molecule has 0 N–H and O–H groups in total. The first kappa shape index (κ1) is 11.7. The van der Waals surface area contributed by atoms with Crippen LogP contribution in [0.1, 0.15) is 17.5 Å². The maximum absolute atomic E-state index is 4.83. The van der Waals surface area contributed by atoms with Crippen LogP contribution in [0.3, 0.4) is 0 Å². The van der Waals surface area contributed by atoms with Gasteiger partial charge in [-0.05, 0) is 11.6 Å². The Morgan fingerprint density at radius 3 is 2.05 bits per heavy atom. The molecule has 2 aromatic rings. The third kappa shape index (κ3) is 2.71. The lowest BCUT2D eigenvalue weighted by molar-refractivity contribution is 1.41. The Bertz CT molecular complexity index is 634. The van der Waals surface area contributed by atoms with Gasteiger partial charge in [0, 0.05) is 12.0 Å². The van der Waals surface area contributed by atoms with E-state index in [1.165, 1.54) is 5.56 Å². The molecule has 1 aliphatic heterocycles. The Morgan fingerprint density at radius 2 is 1.37 bits per heavy atom. The summed E-state index contributed by atoms with van der Waals surface area (Å²) < 4.78 is 0. The predicted molar refractivity (Wildman–Crippen MR) is 81.2 cm³/mol. The maximum Gasteiger partial charge on any atom is 0.0705 e. The van der Waals surface area contributed by atoms with Crippen molar-refractivity contribution in [3.63, 3.8) is 0 Å². The molecule has 1 nitrogen and oxygen atoms in total. The molecule has 0 spiro atoms. The zero-order valence-corrected chi connectivity index (χ0v) is 10.7. The van der Waals surface area contributed by atoms with Gasteiger partial charge < -0.3 is 0 Å². The minimum Gasteiger partial charge on any atom is -0.252 e. The Labute approximate surface area is 113 Å². The Balaban J connectivity index is 2.02. The molecule has 1 aliphatic rings. The van der Waals surface area contributed by atoms with E-state index in [9.17, 15) is 0 Å². The van der Waals surface area contributed by atoms with Gasteiger partial charge in [-0.2, -0.15) is 0 Å². The minimum absolute atomic E-state index is 0.872. The summed E-state index contributed by atoms with van der Waals surface area (Å²) in [5.41, 5.74) is 4.48. The first-order valence-corrected chi connectivity index (χ1v) is 6.49. The van der Waals surface area contributed by atoms with E-state index in [1.807, 2.05) is 24.3 Å². The van der Waals surface area contributed by atoms with E-state index in [-0.39, 0.29) is 0 Å². The predicted octanol–water partition coefficient (Wildman–Crippen LogP) is 4.48. The highest BCUT2D eigenvalue weighted by Crippen LogP contribution is 2.20. The number of allylic oxidation sites excluding steroid dienone is 3. The van der Waals surface area contributed by atoms with E-state index in [2.05, 4.69) is 54.6 Å². The van der Waals surface area contributed by atoms with E-state index < -0.39 is 0 Å². The first-order valence-electron chi connectivity index (χ1n) is 6.49. The second-order valence-electron chi connectivity index (χ2n) is 4.47.